The monoisotopic (exact) mass is 294 g/mol. The number of hydrogen-bond donors (Lipinski definition) is 0. The summed E-state index contributed by atoms with van der Waals surface area (Å²) in [7, 11) is 6.22. The van der Waals surface area contributed by atoms with Gasteiger partial charge in [-0.05, 0) is 13.3 Å². The van der Waals surface area contributed by atoms with Crippen molar-refractivity contribution in [2.75, 3.05) is 21.3 Å². The Kier molecular flexibility index (Phi) is 7.85. The van der Waals surface area contributed by atoms with E-state index in [1.807, 2.05) is 9.13 Å². The zero-order chi connectivity index (χ0) is 12.8. The van der Waals surface area contributed by atoms with Crippen molar-refractivity contribution in [3.8, 4) is 17.8 Å². The van der Waals surface area contributed by atoms with Crippen LogP contribution in [-0.2, 0) is 13.1 Å². The molecule has 106 valence electrons. The van der Waals surface area contributed by atoms with E-state index in [0.717, 1.165) is 37.3 Å². The Labute approximate surface area is 118 Å². The number of rotatable bonds is 7. The van der Waals surface area contributed by atoms with Gasteiger partial charge in [0, 0.05) is 10.2 Å². The van der Waals surface area contributed by atoms with Crippen LogP contribution in [0.25, 0.3) is 0 Å². The number of ether oxygens (including phenoxy) is 3. The van der Waals surface area contributed by atoms with Crippen LogP contribution in [0.2, 0.25) is 6.04 Å². The first kappa shape index (κ1) is 17.1. The van der Waals surface area contributed by atoms with Crippen molar-refractivity contribution in [1.82, 2.24) is 4.57 Å². The first-order valence-corrected chi connectivity index (χ1v) is 7.44. The van der Waals surface area contributed by atoms with Gasteiger partial charge in [0.05, 0.1) is 34.4 Å². The maximum Gasteiger partial charge on any atom is 0.462 e. The van der Waals surface area contributed by atoms with Crippen molar-refractivity contribution in [3.63, 3.8) is 0 Å². The Morgan fingerprint density at radius 1 is 1.17 bits per heavy atom. The molecule has 0 radical (unpaired) electrons. The Bertz CT molecular complexity index is 342. The lowest BCUT2D eigenvalue weighted by molar-refractivity contribution is -0.705. The quantitative estimate of drug-likeness (QED) is 0.397. The van der Waals surface area contributed by atoms with E-state index in [1.54, 1.807) is 21.3 Å². The summed E-state index contributed by atoms with van der Waals surface area (Å²) in [5.41, 5.74) is 0. The maximum atomic E-state index is 5.47. The molecule has 1 aromatic rings. The molecule has 1 aromatic heterocycles. The fourth-order valence-corrected chi connectivity index (χ4v) is 2.27. The van der Waals surface area contributed by atoms with Gasteiger partial charge in [0.2, 0.25) is 0 Å². The van der Waals surface area contributed by atoms with Gasteiger partial charge >= 0.3 is 17.8 Å². The zero-order valence-electron chi connectivity index (χ0n) is 11.8. The van der Waals surface area contributed by atoms with Crippen molar-refractivity contribution in [1.29, 1.82) is 0 Å². The molecule has 0 aromatic carbocycles. The van der Waals surface area contributed by atoms with Crippen LogP contribution in [0, 0.1) is 0 Å². The van der Waals surface area contributed by atoms with E-state index >= 15 is 0 Å². The predicted octanol–water partition coefficient (Wildman–Crippen LogP) is -3.00. The largest absolute Gasteiger partial charge is 1.00 e. The Hall–Kier alpha value is -0.883. The van der Waals surface area contributed by atoms with Gasteiger partial charge in [-0.2, -0.15) is 9.13 Å². The molecular weight excluding hydrogens is 272 g/mol. The van der Waals surface area contributed by atoms with Crippen LogP contribution in [0.5, 0.6) is 17.8 Å². The summed E-state index contributed by atoms with van der Waals surface area (Å²) in [4.78, 5) is 0. The van der Waals surface area contributed by atoms with E-state index in [4.69, 9.17) is 14.2 Å². The molecule has 0 fully saturated rings. The summed E-state index contributed by atoms with van der Waals surface area (Å²) >= 11 is 0. The van der Waals surface area contributed by atoms with Gasteiger partial charge in [-0.15, -0.1) is 0 Å². The number of imidazole rings is 1. The lowest BCUT2D eigenvalue weighted by Crippen LogP contribution is -3.00. The SMILES string of the molecule is CCn1c(OC)c(OC)[n+](CCC[SiH3])c1OC.[Cl-]. The van der Waals surface area contributed by atoms with Gasteiger partial charge in [-0.1, -0.05) is 6.04 Å². The molecule has 0 saturated heterocycles. The molecule has 0 unspecified atom stereocenters. The van der Waals surface area contributed by atoms with Gasteiger partial charge in [-0.25, -0.2) is 0 Å². The third kappa shape index (κ3) is 3.11. The minimum atomic E-state index is 0. The van der Waals surface area contributed by atoms with E-state index in [0.29, 0.717) is 0 Å². The van der Waals surface area contributed by atoms with E-state index < -0.39 is 0 Å². The van der Waals surface area contributed by atoms with E-state index in [1.165, 1.54) is 16.3 Å². The number of halogens is 1. The third-order valence-electron chi connectivity index (χ3n) is 2.76. The Morgan fingerprint density at radius 2 is 1.83 bits per heavy atom. The Balaban J connectivity index is 0.00000289. The molecule has 0 aliphatic heterocycles. The topological polar surface area (TPSA) is 36.5 Å². The molecule has 0 N–H and O–H groups in total. The summed E-state index contributed by atoms with van der Waals surface area (Å²) in [6, 6.07) is 2.05. The number of aromatic nitrogens is 2. The van der Waals surface area contributed by atoms with E-state index in [9.17, 15) is 0 Å². The lowest BCUT2D eigenvalue weighted by atomic mass is 10.5. The highest BCUT2D eigenvalue weighted by atomic mass is 35.5. The molecule has 1 rings (SSSR count). The fourth-order valence-electron chi connectivity index (χ4n) is 1.96. The van der Waals surface area contributed by atoms with Crippen LogP contribution >= 0.6 is 0 Å². The fraction of sp³-hybridized carbons (Fsp3) is 0.727. The van der Waals surface area contributed by atoms with E-state index in [-0.39, 0.29) is 12.4 Å². The standard InChI is InChI=1S/C11H23N2O3Si.ClH/c1-5-12-9(14-2)10(15-3)13(7-6-8-17)11(12)16-4;/h5-8H2,1-4,17H3;1H/q+1;/p-1. The first-order chi connectivity index (χ1) is 8.24. The number of nitrogens with zero attached hydrogens (tertiary/aromatic N) is 2. The van der Waals surface area contributed by atoms with Crippen LogP contribution < -0.4 is 31.2 Å². The van der Waals surface area contributed by atoms with Gasteiger partial charge in [0.15, 0.2) is 0 Å². The summed E-state index contributed by atoms with van der Waals surface area (Å²) < 4.78 is 20.3. The van der Waals surface area contributed by atoms with Crippen LogP contribution in [0.4, 0.5) is 0 Å². The highest BCUT2D eigenvalue weighted by molar-refractivity contribution is 6.08. The minimum Gasteiger partial charge on any atom is -1.00 e. The Morgan fingerprint density at radius 3 is 2.22 bits per heavy atom. The average molecular weight is 295 g/mol. The predicted molar refractivity (Wildman–Crippen MR) is 69.3 cm³/mol. The maximum absolute atomic E-state index is 5.47. The third-order valence-corrected chi connectivity index (χ3v) is 3.46. The molecule has 5 nitrogen and oxygen atoms in total. The highest BCUT2D eigenvalue weighted by Crippen LogP contribution is 2.29. The number of hydrogen-bond acceptors (Lipinski definition) is 3. The number of methoxy groups -OCH3 is 3. The average Bonchev–Trinajstić information content (AvgIpc) is 2.67. The van der Waals surface area contributed by atoms with Crippen LogP contribution in [0.15, 0.2) is 0 Å². The smallest absolute Gasteiger partial charge is 0.462 e. The normalized spacial score (nSPS) is 10.0. The minimum absolute atomic E-state index is 0. The van der Waals surface area contributed by atoms with Gasteiger partial charge in [0.1, 0.15) is 0 Å². The van der Waals surface area contributed by atoms with Crippen LogP contribution in [-0.4, -0.2) is 36.1 Å². The summed E-state index contributed by atoms with van der Waals surface area (Å²) in [5, 5.41) is 0. The molecule has 7 heteroatoms. The zero-order valence-corrected chi connectivity index (χ0v) is 14.6. The molecular formula is C11H23ClN2O3Si. The molecule has 0 saturated carbocycles. The second-order valence-corrected chi connectivity index (χ2v) is 4.75. The van der Waals surface area contributed by atoms with Gasteiger partial charge in [0.25, 0.3) is 0 Å². The molecule has 0 spiro atoms. The molecule has 18 heavy (non-hydrogen) atoms. The molecule has 0 bridgehead atoms. The summed E-state index contributed by atoms with van der Waals surface area (Å²) in [6.07, 6.45) is 1.14. The second-order valence-electron chi connectivity index (χ2n) is 3.75. The summed E-state index contributed by atoms with van der Waals surface area (Å²) in [6.45, 7) is 3.75. The van der Waals surface area contributed by atoms with Crippen molar-refractivity contribution >= 4 is 10.2 Å². The first-order valence-electron chi connectivity index (χ1n) is 6.03. The molecule has 0 aliphatic rings. The molecule has 0 amide bonds. The van der Waals surface area contributed by atoms with Crippen molar-refractivity contribution in [2.24, 2.45) is 0 Å². The lowest BCUT2D eigenvalue weighted by Gasteiger charge is -2.01. The van der Waals surface area contributed by atoms with Gasteiger partial charge in [-0.3, -0.25) is 0 Å². The highest BCUT2D eigenvalue weighted by Gasteiger charge is 2.33. The van der Waals surface area contributed by atoms with Crippen LogP contribution in [0.3, 0.4) is 0 Å². The van der Waals surface area contributed by atoms with E-state index in [2.05, 4.69) is 6.92 Å². The van der Waals surface area contributed by atoms with Crippen molar-refractivity contribution < 1.29 is 31.2 Å². The van der Waals surface area contributed by atoms with Crippen molar-refractivity contribution in [3.05, 3.63) is 0 Å². The summed E-state index contributed by atoms with van der Waals surface area (Å²) in [5.74, 6) is 1.46. The van der Waals surface area contributed by atoms with Crippen LogP contribution in [0.1, 0.15) is 13.3 Å². The molecule has 0 aliphatic carbocycles. The second kappa shape index (κ2) is 8.26. The van der Waals surface area contributed by atoms with Gasteiger partial charge < -0.3 is 26.6 Å². The molecule has 0 atom stereocenters. The van der Waals surface area contributed by atoms with Crippen molar-refractivity contribution in [2.45, 2.75) is 32.5 Å². The molecule has 1 heterocycles.